The topological polar surface area (TPSA) is 0 Å². The van der Waals surface area contributed by atoms with Crippen LogP contribution in [0.25, 0.3) is 0 Å². The van der Waals surface area contributed by atoms with Crippen molar-refractivity contribution in [2.75, 3.05) is 0 Å². The van der Waals surface area contributed by atoms with Crippen molar-refractivity contribution in [1.82, 2.24) is 0 Å². The molecular weight excluding hydrogens is 119 g/mol. The molecule has 1 heterocycles. The second kappa shape index (κ2) is 1.75. The zero-order chi connectivity index (χ0) is 7.35. The van der Waals surface area contributed by atoms with Crippen molar-refractivity contribution in [3.63, 3.8) is 0 Å². The minimum atomic E-state index is 0.588. The van der Waals surface area contributed by atoms with Gasteiger partial charge in [0, 0.05) is 0 Å². The molecule has 0 radical (unpaired) electrons. The van der Waals surface area contributed by atoms with Crippen molar-refractivity contribution in [2.24, 2.45) is 11.3 Å². The average Bonchev–Trinajstić information content (AvgIpc) is 2.36. The predicted octanol–water partition coefficient (Wildman–Crippen LogP) is 2.12. The first kappa shape index (κ1) is 6.63. The van der Waals surface area contributed by atoms with Crippen LogP contribution in [0.1, 0.15) is 33.6 Å². The Morgan fingerprint density at radius 2 is 2.10 bits per heavy atom. The van der Waals surface area contributed by atoms with Crippen molar-refractivity contribution in [2.45, 2.75) is 39.4 Å². The molecule has 0 bridgehead atoms. The fraction of sp³-hybridized carbons (Fsp3) is 0.889. The summed E-state index contributed by atoms with van der Waals surface area (Å²) in [6.07, 6.45) is 2.86. The van der Waals surface area contributed by atoms with E-state index in [0.29, 0.717) is 5.41 Å². The SMILES string of the molecule is CC1B=C2C(CC1)C2(C)C. The van der Waals surface area contributed by atoms with Crippen LogP contribution >= 0.6 is 0 Å². The number of hydrogen-bond acceptors (Lipinski definition) is 0. The van der Waals surface area contributed by atoms with Crippen LogP contribution in [-0.2, 0) is 0 Å². The van der Waals surface area contributed by atoms with E-state index < -0.39 is 0 Å². The van der Waals surface area contributed by atoms with Crippen LogP contribution in [0, 0.1) is 11.3 Å². The molecule has 10 heavy (non-hydrogen) atoms. The van der Waals surface area contributed by atoms with E-state index in [1.807, 2.05) is 0 Å². The van der Waals surface area contributed by atoms with Crippen molar-refractivity contribution >= 4 is 12.4 Å². The fourth-order valence-electron chi connectivity index (χ4n) is 2.34. The summed E-state index contributed by atoms with van der Waals surface area (Å²) >= 11 is 0. The Bertz CT molecular complexity index is 191. The molecule has 0 aromatic heterocycles. The standard InChI is InChI=1S/C9H15B/c1-6-4-5-7-8(10-6)9(7,2)3/h6-7H,4-5H2,1-3H3. The summed E-state index contributed by atoms with van der Waals surface area (Å²) in [7, 11) is 0. The van der Waals surface area contributed by atoms with Crippen LogP contribution in [0.2, 0.25) is 5.82 Å². The number of hydrogen-bond donors (Lipinski definition) is 0. The Morgan fingerprint density at radius 1 is 1.40 bits per heavy atom. The minimum absolute atomic E-state index is 0.588. The summed E-state index contributed by atoms with van der Waals surface area (Å²) in [5.74, 6) is 1.82. The molecule has 2 atom stereocenters. The zero-order valence-corrected chi connectivity index (χ0v) is 7.15. The van der Waals surface area contributed by atoms with Crippen molar-refractivity contribution in [1.29, 1.82) is 0 Å². The molecule has 1 aliphatic carbocycles. The molecule has 54 valence electrons. The van der Waals surface area contributed by atoms with Gasteiger partial charge in [0.05, 0.1) is 0 Å². The van der Waals surface area contributed by atoms with Gasteiger partial charge in [-0.05, 0) is 0 Å². The quantitative estimate of drug-likeness (QED) is 0.445. The van der Waals surface area contributed by atoms with Gasteiger partial charge in [-0.1, -0.05) is 0 Å². The molecule has 0 saturated heterocycles. The first-order chi connectivity index (χ1) is 4.62. The third-order valence-electron chi connectivity index (χ3n) is 3.28. The molecule has 0 aromatic rings. The summed E-state index contributed by atoms with van der Waals surface area (Å²) in [5, 5.41) is 0. The fourth-order valence-corrected chi connectivity index (χ4v) is 2.34. The van der Waals surface area contributed by atoms with Gasteiger partial charge in [-0.25, -0.2) is 0 Å². The molecule has 1 aliphatic heterocycles. The third-order valence-corrected chi connectivity index (χ3v) is 3.28. The average molecular weight is 134 g/mol. The van der Waals surface area contributed by atoms with Gasteiger partial charge in [0.2, 0.25) is 0 Å². The number of fused-ring (bicyclic) bond motifs is 1. The monoisotopic (exact) mass is 134 g/mol. The van der Waals surface area contributed by atoms with E-state index in [9.17, 15) is 0 Å². The first-order valence-corrected chi connectivity index (χ1v) is 4.34. The summed E-state index contributed by atoms with van der Waals surface area (Å²) in [4.78, 5) is 0. The van der Waals surface area contributed by atoms with Gasteiger partial charge in [0.25, 0.3) is 0 Å². The van der Waals surface area contributed by atoms with E-state index in [-0.39, 0.29) is 0 Å². The van der Waals surface area contributed by atoms with Gasteiger partial charge in [-0.15, -0.1) is 0 Å². The summed E-state index contributed by atoms with van der Waals surface area (Å²) in [6, 6.07) is 0. The van der Waals surface area contributed by atoms with E-state index in [2.05, 4.69) is 27.7 Å². The van der Waals surface area contributed by atoms with Crippen LogP contribution in [0.3, 0.4) is 0 Å². The summed E-state index contributed by atoms with van der Waals surface area (Å²) in [5.41, 5.74) is 2.33. The second-order valence-corrected chi connectivity index (χ2v) is 4.45. The molecule has 1 heteroatoms. The molecule has 2 aliphatic rings. The predicted molar refractivity (Wildman–Crippen MR) is 46.7 cm³/mol. The van der Waals surface area contributed by atoms with E-state index in [1.165, 1.54) is 12.8 Å². The normalized spacial score (nSPS) is 41.3. The molecular formula is C9H15B. The van der Waals surface area contributed by atoms with E-state index >= 15 is 0 Å². The Kier molecular flexibility index (Phi) is 1.16. The Morgan fingerprint density at radius 3 is 2.60 bits per heavy atom. The molecule has 2 rings (SSSR count). The second-order valence-electron chi connectivity index (χ2n) is 4.45. The van der Waals surface area contributed by atoms with Crippen molar-refractivity contribution in [3.8, 4) is 0 Å². The van der Waals surface area contributed by atoms with Crippen molar-refractivity contribution < 1.29 is 0 Å². The van der Waals surface area contributed by atoms with Crippen molar-refractivity contribution in [3.05, 3.63) is 0 Å². The van der Waals surface area contributed by atoms with Gasteiger partial charge in [-0.2, -0.15) is 0 Å². The van der Waals surface area contributed by atoms with Gasteiger partial charge in [0.1, 0.15) is 0 Å². The zero-order valence-electron chi connectivity index (χ0n) is 7.15. The Hall–Kier alpha value is -0.0651. The van der Waals surface area contributed by atoms with E-state index in [1.54, 1.807) is 5.46 Å². The molecule has 1 fully saturated rings. The number of rotatable bonds is 0. The molecule has 0 spiro atoms. The maximum atomic E-state index is 2.49. The van der Waals surface area contributed by atoms with Gasteiger partial charge >= 0.3 is 63.1 Å². The van der Waals surface area contributed by atoms with Gasteiger partial charge in [-0.3, -0.25) is 0 Å². The Balaban J connectivity index is 2.24. The van der Waals surface area contributed by atoms with Crippen LogP contribution in [0.5, 0.6) is 0 Å². The van der Waals surface area contributed by atoms with Crippen LogP contribution in [-0.4, -0.2) is 12.4 Å². The van der Waals surface area contributed by atoms with Gasteiger partial charge in [0.15, 0.2) is 0 Å². The molecule has 0 nitrogen and oxygen atoms in total. The first-order valence-electron chi connectivity index (χ1n) is 4.34. The molecule has 0 N–H and O–H groups in total. The van der Waals surface area contributed by atoms with E-state index in [4.69, 9.17) is 0 Å². The van der Waals surface area contributed by atoms with Gasteiger partial charge < -0.3 is 0 Å². The Labute approximate surface area is 63.9 Å². The third kappa shape index (κ3) is 0.725. The van der Waals surface area contributed by atoms with Crippen LogP contribution < -0.4 is 0 Å². The molecule has 0 amide bonds. The summed E-state index contributed by atoms with van der Waals surface area (Å²) < 4.78 is 0. The molecule has 2 unspecified atom stereocenters. The van der Waals surface area contributed by atoms with E-state index in [0.717, 1.165) is 11.7 Å². The molecule has 0 aromatic carbocycles. The summed E-state index contributed by atoms with van der Waals surface area (Å²) in [6.45, 7) is 9.58. The molecule has 1 saturated carbocycles. The van der Waals surface area contributed by atoms with Crippen LogP contribution in [0.4, 0.5) is 0 Å². The maximum absolute atomic E-state index is 2.49. The van der Waals surface area contributed by atoms with Crippen LogP contribution in [0.15, 0.2) is 0 Å².